The van der Waals surface area contributed by atoms with Crippen LogP contribution < -0.4 is 17.4 Å². The molecule has 4 nitrogen and oxygen atoms in total. The van der Waals surface area contributed by atoms with Gasteiger partial charge in [-0.15, -0.1) is 16.4 Å². The van der Waals surface area contributed by atoms with Gasteiger partial charge in [0.05, 0.1) is 11.6 Å². The molecule has 131 valence electrons. The van der Waals surface area contributed by atoms with Gasteiger partial charge in [-0.3, -0.25) is 9.98 Å². The van der Waals surface area contributed by atoms with E-state index in [4.69, 9.17) is 0 Å². The SMILES string of the molecule is Cc1cnc(C=NCCCCCC[NH+]=Cc2ncc(C)[pH]2)[pH]1.[Cl-].[V]. The molecular weight excluding hydrogens is 397 g/mol. The maximum atomic E-state index is 4.46. The van der Waals surface area contributed by atoms with Gasteiger partial charge in [0.2, 0.25) is 0 Å². The Labute approximate surface area is 166 Å². The Bertz CT molecular complexity index is 571. The number of hydrogen-bond acceptors (Lipinski definition) is 3. The predicted molar refractivity (Wildman–Crippen MR) is 98.9 cm³/mol. The van der Waals surface area contributed by atoms with E-state index in [1.807, 2.05) is 18.6 Å². The second-order valence-corrected chi connectivity index (χ2v) is 8.55. The van der Waals surface area contributed by atoms with Crippen molar-refractivity contribution in [3.63, 3.8) is 0 Å². The van der Waals surface area contributed by atoms with Crippen LogP contribution in [0.2, 0.25) is 0 Å². The number of nitrogens with one attached hydrogen (secondary N) is 1. The van der Waals surface area contributed by atoms with Gasteiger partial charge in [-0.05, 0) is 37.3 Å². The van der Waals surface area contributed by atoms with Gasteiger partial charge in [0, 0.05) is 43.9 Å². The topological polar surface area (TPSA) is 52.1 Å². The Morgan fingerprint density at radius 1 is 1.00 bits per heavy atom. The van der Waals surface area contributed by atoms with Gasteiger partial charge in [0.15, 0.2) is 6.21 Å². The molecule has 0 saturated heterocycles. The van der Waals surface area contributed by atoms with Crippen molar-refractivity contribution in [1.29, 1.82) is 0 Å². The van der Waals surface area contributed by atoms with E-state index in [-0.39, 0.29) is 31.0 Å². The Hall–Kier alpha value is -0.366. The van der Waals surface area contributed by atoms with Crippen molar-refractivity contribution in [2.24, 2.45) is 4.99 Å². The fraction of sp³-hybridized carbons (Fsp3) is 0.500. The molecule has 2 aromatic rings. The number of aromatic nitrogens is 2. The largest absolute Gasteiger partial charge is 1.00 e. The minimum absolute atomic E-state index is 0. The van der Waals surface area contributed by atoms with Crippen LogP contribution in [0.25, 0.3) is 0 Å². The van der Waals surface area contributed by atoms with E-state index in [1.54, 1.807) is 0 Å². The monoisotopic (exact) mass is 421 g/mol. The first kappa shape index (κ1) is 23.6. The zero-order valence-electron chi connectivity index (χ0n) is 14.2. The van der Waals surface area contributed by atoms with Crippen molar-refractivity contribution in [2.75, 3.05) is 13.1 Å². The minimum atomic E-state index is 0. The molecule has 0 fully saturated rings. The maximum absolute atomic E-state index is 4.46. The molecule has 0 saturated carbocycles. The van der Waals surface area contributed by atoms with Gasteiger partial charge in [-0.2, -0.15) is 0 Å². The molecule has 2 atom stereocenters. The van der Waals surface area contributed by atoms with E-state index < -0.39 is 0 Å². The summed E-state index contributed by atoms with van der Waals surface area (Å²) in [5.74, 6) is 0. The fourth-order valence-electron chi connectivity index (χ4n) is 2.11. The van der Waals surface area contributed by atoms with Gasteiger partial charge < -0.3 is 12.4 Å². The number of hydrogen-bond donors (Lipinski definition) is 1. The van der Waals surface area contributed by atoms with Crippen LogP contribution in [0.3, 0.4) is 0 Å². The van der Waals surface area contributed by atoms with E-state index in [9.17, 15) is 0 Å². The van der Waals surface area contributed by atoms with Crippen LogP contribution in [0.1, 0.15) is 47.1 Å². The minimum Gasteiger partial charge on any atom is -1.00 e. The normalized spacial score (nSPS) is 11.6. The van der Waals surface area contributed by atoms with Crippen LogP contribution in [-0.4, -0.2) is 35.5 Å². The molecule has 2 rings (SSSR count). The number of halogens is 1. The van der Waals surface area contributed by atoms with Gasteiger partial charge in [-0.1, -0.05) is 6.42 Å². The molecule has 0 aliphatic rings. The first-order valence-corrected chi connectivity index (χ1v) is 9.83. The van der Waals surface area contributed by atoms with Gasteiger partial charge in [0.25, 0.3) is 0 Å². The summed E-state index contributed by atoms with van der Waals surface area (Å²) < 4.78 is 0. The summed E-state index contributed by atoms with van der Waals surface area (Å²) in [5.41, 5.74) is 2.30. The zero-order valence-corrected chi connectivity index (χ0v) is 18.4. The molecule has 0 aliphatic carbocycles. The zero-order chi connectivity index (χ0) is 15.6. The van der Waals surface area contributed by atoms with Crippen LogP contribution >= 0.6 is 16.4 Å². The average Bonchev–Trinajstić information content (AvgIpc) is 3.09. The van der Waals surface area contributed by atoms with Crippen LogP contribution in [0.15, 0.2) is 17.4 Å². The third kappa shape index (κ3) is 9.82. The summed E-state index contributed by atoms with van der Waals surface area (Å²) in [7, 11) is 1.47. The van der Waals surface area contributed by atoms with Crippen LogP contribution in [0, 0.1) is 13.8 Å². The smallest absolute Gasteiger partial charge is 0.191 e. The Morgan fingerprint density at radius 3 is 2.25 bits per heavy atom. The molecular formula is C16H25ClN4P2V. The molecule has 2 aromatic heterocycles. The maximum Gasteiger partial charge on any atom is 0.191 e. The van der Waals surface area contributed by atoms with Gasteiger partial charge in [-0.25, -0.2) is 9.98 Å². The summed E-state index contributed by atoms with van der Waals surface area (Å²) in [4.78, 5) is 16.5. The van der Waals surface area contributed by atoms with Gasteiger partial charge in [0.1, 0.15) is 12.0 Å². The third-order valence-corrected chi connectivity index (χ3v) is 5.35. The predicted octanol–water partition coefficient (Wildman–Crippen LogP) is -0.663. The van der Waals surface area contributed by atoms with E-state index in [2.05, 4.69) is 40.0 Å². The van der Waals surface area contributed by atoms with Crippen LogP contribution in [0.5, 0.6) is 0 Å². The molecule has 0 aliphatic heterocycles. The molecule has 8 heteroatoms. The van der Waals surface area contributed by atoms with Crippen LogP contribution in [0.4, 0.5) is 0 Å². The number of rotatable bonds is 9. The second-order valence-electron chi connectivity index (χ2n) is 5.45. The Balaban J connectivity index is 0.00000264. The van der Waals surface area contributed by atoms with E-state index >= 15 is 0 Å². The quantitative estimate of drug-likeness (QED) is 0.432. The van der Waals surface area contributed by atoms with E-state index in [1.165, 1.54) is 41.7 Å². The molecule has 0 amide bonds. The number of unbranched alkanes of at least 4 members (excludes halogenated alkanes) is 3. The Morgan fingerprint density at radius 2 is 1.62 bits per heavy atom. The van der Waals surface area contributed by atoms with Crippen molar-refractivity contribution in [2.45, 2.75) is 39.5 Å². The Kier molecular flexibility index (Phi) is 13.7. The molecule has 2 heterocycles. The molecule has 1 radical (unpaired) electrons. The number of aryl methyl sites for hydroxylation is 2. The first-order chi connectivity index (χ1) is 10.7. The standard InChI is InChI=1S/C16H24N4P2.ClH.V/c1-13-9-19-15(21-13)11-17-7-5-3-4-6-8-18-12-16-20-10-14(2)22-16;;/h9-12,21-22H,3-8H2,1-2H3;1H;. The molecule has 1 N–H and O–H groups in total. The van der Waals surface area contributed by atoms with Gasteiger partial charge >= 0.3 is 0 Å². The number of aliphatic imine (C=N–C) groups is 1. The van der Waals surface area contributed by atoms with E-state index in [0.717, 1.165) is 34.9 Å². The second kappa shape index (κ2) is 13.9. The summed E-state index contributed by atoms with van der Waals surface area (Å²) in [6, 6.07) is 0. The molecule has 0 bridgehead atoms. The van der Waals surface area contributed by atoms with Crippen molar-refractivity contribution in [1.82, 2.24) is 9.97 Å². The summed E-state index contributed by atoms with van der Waals surface area (Å²) in [6.45, 7) is 6.20. The van der Waals surface area contributed by atoms with Crippen LogP contribution in [-0.2, 0) is 18.6 Å². The van der Waals surface area contributed by atoms with Crippen molar-refractivity contribution in [3.05, 3.63) is 33.8 Å². The van der Waals surface area contributed by atoms with Crippen molar-refractivity contribution in [3.8, 4) is 0 Å². The molecule has 2 unspecified atom stereocenters. The summed E-state index contributed by atoms with van der Waals surface area (Å²) in [5, 5.41) is 2.71. The molecule has 24 heavy (non-hydrogen) atoms. The summed E-state index contributed by atoms with van der Waals surface area (Å²) in [6.07, 6.45) is 12.8. The number of nitrogens with zero attached hydrogens (tertiary/aromatic N) is 3. The van der Waals surface area contributed by atoms with Crippen molar-refractivity contribution < 1.29 is 36.0 Å². The first-order valence-electron chi connectivity index (χ1n) is 7.83. The third-order valence-electron chi connectivity index (χ3n) is 3.26. The molecule has 0 spiro atoms. The van der Waals surface area contributed by atoms with E-state index in [0.29, 0.717) is 0 Å². The average molecular weight is 422 g/mol. The van der Waals surface area contributed by atoms with Crippen molar-refractivity contribution >= 4 is 28.8 Å². The fourth-order valence-corrected chi connectivity index (χ4v) is 3.76. The summed E-state index contributed by atoms with van der Waals surface area (Å²) >= 11 is 0. The molecule has 0 aromatic carbocycles.